The summed E-state index contributed by atoms with van der Waals surface area (Å²) in [6, 6.07) is 8.77. The second kappa shape index (κ2) is 9.79. The minimum atomic E-state index is -0.955. The van der Waals surface area contributed by atoms with Crippen LogP contribution in [0.5, 0.6) is 0 Å². The Balaban J connectivity index is 1.83. The molecule has 0 amide bonds. The van der Waals surface area contributed by atoms with Gasteiger partial charge in [-0.15, -0.1) is 0 Å². The van der Waals surface area contributed by atoms with Crippen molar-refractivity contribution in [3.05, 3.63) is 67.6 Å². The van der Waals surface area contributed by atoms with Crippen LogP contribution < -0.4 is 5.56 Å². The molecule has 2 heterocycles. The summed E-state index contributed by atoms with van der Waals surface area (Å²) >= 11 is 12.6. The lowest BCUT2D eigenvalue weighted by Crippen LogP contribution is -2.33. The number of carboxylic acid groups (broad SMARTS) is 1. The summed E-state index contributed by atoms with van der Waals surface area (Å²) in [5.74, 6) is -0.955. The number of halogens is 2. The lowest BCUT2D eigenvalue weighted by molar-refractivity contribution is 0.0697. The van der Waals surface area contributed by atoms with Gasteiger partial charge >= 0.3 is 5.97 Å². The van der Waals surface area contributed by atoms with E-state index in [1.54, 1.807) is 34.9 Å². The highest BCUT2D eigenvalue weighted by Crippen LogP contribution is 2.27. The highest BCUT2D eigenvalue weighted by Gasteiger charge is 2.26. The number of aromatic carboxylic acids is 1. The maximum Gasteiger partial charge on any atom is 0.335 e. The summed E-state index contributed by atoms with van der Waals surface area (Å²) in [5, 5.41) is 9.66. The predicted octanol–water partition coefficient (Wildman–Crippen LogP) is 4.86. The van der Waals surface area contributed by atoms with Crippen molar-refractivity contribution < 1.29 is 9.90 Å². The molecule has 0 spiro atoms. The van der Waals surface area contributed by atoms with Gasteiger partial charge < -0.3 is 9.67 Å². The molecule has 5 nitrogen and oxygen atoms in total. The number of likely N-dealkylation sites (tertiary alicyclic amines) is 1. The molecule has 29 heavy (non-hydrogen) atoms. The Labute approximate surface area is 180 Å². The van der Waals surface area contributed by atoms with Crippen LogP contribution in [0.2, 0.25) is 10.0 Å². The zero-order valence-corrected chi connectivity index (χ0v) is 18.0. The molecule has 1 N–H and O–H groups in total. The smallest absolute Gasteiger partial charge is 0.335 e. The molecule has 156 valence electrons. The van der Waals surface area contributed by atoms with Crippen LogP contribution >= 0.6 is 23.2 Å². The minimum absolute atomic E-state index is 0.117. The topological polar surface area (TPSA) is 62.5 Å². The Bertz CT molecular complexity index is 925. The molecule has 0 bridgehead atoms. The monoisotopic (exact) mass is 436 g/mol. The van der Waals surface area contributed by atoms with E-state index < -0.39 is 5.97 Å². The van der Waals surface area contributed by atoms with Crippen molar-refractivity contribution in [2.24, 2.45) is 0 Å². The maximum absolute atomic E-state index is 12.8. The second-order valence-electron chi connectivity index (χ2n) is 7.55. The maximum atomic E-state index is 12.8. The van der Waals surface area contributed by atoms with Gasteiger partial charge in [0.05, 0.1) is 16.3 Å². The SMILES string of the molecule is CCC[C@@H]1CCCN1Cc1c(Cl)cc(Cl)c(=O)n1CCc1ccc(C(=O)O)cc1. The number of hydrogen-bond acceptors (Lipinski definition) is 3. The molecule has 1 aromatic heterocycles. The summed E-state index contributed by atoms with van der Waals surface area (Å²) in [5.41, 5.74) is 1.76. The first-order chi connectivity index (χ1) is 13.9. The Morgan fingerprint density at radius 2 is 1.93 bits per heavy atom. The molecule has 3 rings (SSSR count). The standard InChI is InChI=1S/C22H26Cl2N2O3/c1-2-4-17-5-3-11-25(17)14-20-18(23)13-19(24)21(27)26(20)12-10-15-6-8-16(9-7-15)22(28)29/h6-9,13,17H,2-5,10-12,14H2,1H3,(H,28,29)/t17-/m1/s1. The number of rotatable bonds is 8. The quantitative estimate of drug-likeness (QED) is 0.641. The van der Waals surface area contributed by atoms with E-state index in [4.69, 9.17) is 28.3 Å². The summed E-state index contributed by atoms with van der Waals surface area (Å²) in [6.45, 7) is 4.27. The van der Waals surface area contributed by atoms with E-state index in [-0.39, 0.29) is 16.1 Å². The molecule has 1 aromatic carbocycles. The molecule has 7 heteroatoms. The zero-order chi connectivity index (χ0) is 21.0. The van der Waals surface area contributed by atoms with Gasteiger partial charge in [0.2, 0.25) is 0 Å². The molecule has 1 fully saturated rings. The fraction of sp³-hybridized carbons (Fsp3) is 0.455. The van der Waals surface area contributed by atoms with E-state index in [0.717, 1.165) is 37.1 Å². The normalized spacial score (nSPS) is 17.0. The van der Waals surface area contributed by atoms with Crippen LogP contribution in [0.1, 0.15) is 54.2 Å². The van der Waals surface area contributed by atoms with Crippen molar-refractivity contribution in [1.82, 2.24) is 9.47 Å². The molecule has 1 atom stereocenters. The van der Waals surface area contributed by atoms with Crippen molar-refractivity contribution in [3.8, 4) is 0 Å². The summed E-state index contributed by atoms with van der Waals surface area (Å²) in [7, 11) is 0. The third kappa shape index (κ3) is 5.21. The number of aryl methyl sites for hydroxylation is 1. The van der Waals surface area contributed by atoms with Crippen LogP contribution in [0.15, 0.2) is 35.1 Å². The Kier molecular flexibility index (Phi) is 7.38. The van der Waals surface area contributed by atoms with E-state index in [2.05, 4.69) is 11.8 Å². The average molecular weight is 437 g/mol. The van der Waals surface area contributed by atoms with Crippen molar-refractivity contribution in [2.45, 2.75) is 58.2 Å². The molecule has 0 saturated carbocycles. The summed E-state index contributed by atoms with van der Waals surface area (Å²) in [6.07, 6.45) is 5.21. The van der Waals surface area contributed by atoms with Gasteiger partial charge in [0.1, 0.15) is 5.02 Å². The van der Waals surface area contributed by atoms with Gasteiger partial charge in [0.15, 0.2) is 0 Å². The number of nitrogens with zero attached hydrogens (tertiary/aromatic N) is 2. The Morgan fingerprint density at radius 3 is 2.59 bits per heavy atom. The highest BCUT2D eigenvalue weighted by molar-refractivity contribution is 6.34. The molecule has 0 radical (unpaired) electrons. The number of carboxylic acids is 1. The van der Waals surface area contributed by atoms with Crippen molar-refractivity contribution in [3.63, 3.8) is 0 Å². The van der Waals surface area contributed by atoms with Crippen LogP contribution in [0, 0.1) is 0 Å². The fourth-order valence-corrected chi connectivity index (χ4v) is 4.58. The average Bonchev–Trinajstić information content (AvgIpc) is 3.13. The van der Waals surface area contributed by atoms with Gasteiger partial charge in [0.25, 0.3) is 5.56 Å². The third-order valence-electron chi connectivity index (χ3n) is 5.60. The number of carbonyl (C=O) groups is 1. The number of aromatic nitrogens is 1. The van der Waals surface area contributed by atoms with Crippen LogP contribution in [0.3, 0.4) is 0 Å². The zero-order valence-electron chi connectivity index (χ0n) is 16.5. The third-order valence-corrected chi connectivity index (χ3v) is 6.20. The van der Waals surface area contributed by atoms with Gasteiger partial charge in [-0.25, -0.2) is 4.79 Å². The van der Waals surface area contributed by atoms with Gasteiger partial charge in [-0.05, 0) is 56.0 Å². The van der Waals surface area contributed by atoms with Crippen LogP contribution in [-0.2, 0) is 19.5 Å². The molecule has 0 aliphatic carbocycles. The first-order valence-electron chi connectivity index (χ1n) is 10.0. The van der Waals surface area contributed by atoms with Gasteiger partial charge in [-0.2, -0.15) is 0 Å². The number of hydrogen-bond donors (Lipinski definition) is 1. The van der Waals surface area contributed by atoms with Gasteiger partial charge in [0, 0.05) is 19.1 Å². The summed E-state index contributed by atoms with van der Waals surface area (Å²) in [4.78, 5) is 26.2. The van der Waals surface area contributed by atoms with Gasteiger partial charge in [-0.1, -0.05) is 48.7 Å². The molecule has 1 saturated heterocycles. The van der Waals surface area contributed by atoms with E-state index >= 15 is 0 Å². The second-order valence-corrected chi connectivity index (χ2v) is 8.37. The molecule has 2 aromatic rings. The predicted molar refractivity (Wildman–Crippen MR) is 116 cm³/mol. The first-order valence-corrected chi connectivity index (χ1v) is 10.8. The van der Waals surface area contributed by atoms with Crippen molar-refractivity contribution in [2.75, 3.05) is 6.54 Å². The van der Waals surface area contributed by atoms with Crippen LogP contribution in [-0.4, -0.2) is 33.1 Å². The van der Waals surface area contributed by atoms with E-state index in [9.17, 15) is 9.59 Å². The largest absolute Gasteiger partial charge is 0.478 e. The Morgan fingerprint density at radius 1 is 1.21 bits per heavy atom. The lowest BCUT2D eigenvalue weighted by Gasteiger charge is -2.26. The van der Waals surface area contributed by atoms with E-state index in [1.165, 1.54) is 6.42 Å². The first kappa shape index (κ1) is 21.9. The fourth-order valence-electron chi connectivity index (χ4n) is 4.04. The molecule has 1 aliphatic heterocycles. The van der Waals surface area contributed by atoms with E-state index in [0.29, 0.717) is 30.6 Å². The van der Waals surface area contributed by atoms with Gasteiger partial charge in [-0.3, -0.25) is 9.69 Å². The van der Waals surface area contributed by atoms with Crippen molar-refractivity contribution in [1.29, 1.82) is 0 Å². The molecular weight excluding hydrogens is 411 g/mol. The number of pyridine rings is 1. The van der Waals surface area contributed by atoms with E-state index in [1.807, 2.05) is 0 Å². The number of benzene rings is 1. The Hall–Kier alpha value is -1.82. The minimum Gasteiger partial charge on any atom is -0.478 e. The summed E-state index contributed by atoms with van der Waals surface area (Å²) < 4.78 is 1.68. The van der Waals surface area contributed by atoms with Crippen molar-refractivity contribution >= 4 is 29.2 Å². The van der Waals surface area contributed by atoms with Crippen LogP contribution in [0.4, 0.5) is 0 Å². The molecule has 1 aliphatic rings. The highest BCUT2D eigenvalue weighted by atomic mass is 35.5. The molecule has 0 unspecified atom stereocenters. The van der Waals surface area contributed by atoms with Crippen LogP contribution in [0.25, 0.3) is 0 Å². The molecular formula is C22H26Cl2N2O3. The lowest BCUT2D eigenvalue weighted by atomic mass is 10.1.